The van der Waals surface area contributed by atoms with Gasteiger partial charge < -0.3 is 15.2 Å². The van der Waals surface area contributed by atoms with E-state index in [9.17, 15) is 0 Å². The van der Waals surface area contributed by atoms with Crippen LogP contribution in [0.25, 0.3) is 16.9 Å². The molecule has 0 radical (unpaired) electrons. The van der Waals surface area contributed by atoms with E-state index in [0.717, 1.165) is 0 Å². The average molecular weight is 306 g/mol. The van der Waals surface area contributed by atoms with E-state index in [4.69, 9.17) is 26.8 Å². The van der Waals surface area contributed by atoms with Gasteiger partial charge in [0.05, 0.1) is 24.9 Å². The molecule has 0 amide bonds. The Bertz CT molecular complexity index is 818. The number of hydrogen-bond donors (Lipinski definition) is 1. The van der Waals surface area contributed by atoms with Crippen molar-refractivity contribution in [1.82, 2.24) is 19.5 Å². The molecule has 0 aliphatic heterocycles. The minimum Gasteiger partial charge on any atom is -0.497 e. The number of anilines is 1. The van der Waals surface area contributed by atoms with E-state index in [1.54, 1.807) is 29.9 Å². The molecule has 108 valence electrons. The summed E-state index contributed by atoms with van der Waals surface area (Å²) >= 11 is 6.26. The predicted molar refractivity (Wildman–Crippen MR) is 79.2 cm³/mol. The number of aromatic nitrogens is 4. The first-order valence-electron chi connectivity index (χ1n) is 6.02. The number of hydrogen-bond acceptors (Lipinski definition) is 6. The SMILES string of the molecule is COc1ccc(Cl)c(-n2c(N)nc3c(OC)ncnc32)c1. The van der Waals surface area contributed by atoms with Crippen molar-refractivity contribution >= 4 is 28.7 Å². The smallest absolute Gasteiger partial charge is 0.245 e. The number of rotatable bonds is 3. The Kier molecular flexibility index (Phi) is 3.26. The summed E-state index contributed by atoms with van der Waals surface area (Å²) in [5.41, 5.74) is 7.60. The third kappa shape index (κ3) is 2.11. The molecule has 0 aliphatic carbocycles. The maximum Gasteiger partial charge on any atom is 0.245 e. The molecule has 0 saturated carbocycles. The van der Waals surface area contributed by atoms with Gasteiger partial charge in [-0.3, -0.25) is 4.57 Å². The summed E-state index contributed by atoms with van der Waals surface area (Å²) in [7, 11) is 3.09. The zero-order chi connectivity index (χ0) is 15.0. The topological polar surface area (TPSA) is 88.1 Å². The molecule has 0 bridgehead atoms. The molecule has 0 atom stereocenters. The lowest BCUT2D eigenvalue weighted by Crippen LogP contribution is -2.02. The third-order valence-electron chi connectivity index (χ3n) is 3.02. The lowest BCUT2D eigenvalue weighted by molar-refractivity contribution is 0.401. The van der Waals surface area contributed by atoms with Crippen molar-refractivity contribution in [3.8, 4) is 17.3 Å². The number of benzene rings is 1. The van der Waals surface area contributed by atoms with Crippen molar-refractivity contribution in [2.45, 2.75) is 0 Å². The number of imidazole rings is 1. The van der Waals surface area contributed by atoms with E-state index in [0.29, 0.717) is 33.5 Å². The minimum absolute atomic E-state index is 0.235. The first kappa shape index (κ1) is 13.4. The van der Waals surface area contributed by atoms with Crippen LogP contribution in [0.1, 0.15) is 0 Å². The molecule has 8 heteroatoms. The number of nitrogens with two attached hydrogens (primary N) is 1. The molecule has 2 N–H and O–H groups in total. The van der Waals surface area contributed by atoms with Gasteiger partial charge in [-0.2, -0.15) is 4.98 Å². The lowest BCUT2D eigenvalue weighted by Gasteiger charge is -2.10. The van der Waals surface area contributed by atoms with Crippen LogP contribution in [0.3, 0.4) is 0 Å². The molecule has 0 aliphatic rings. The van der Waals surface area contributed by atoms with Crippen molar-refractivity contribution in [1.29, 1.82) is 0 Å². The predicted octanol–water partition coefficient (Wildman–Crippen LogP) is 2.07. The van der Waals surface area contributed by atoms with E-state index in [-0.39, 0.29) is 5.95 Å². The van der Waals surface area contributed by atoms with Crippen molar-refractivity contribution in [2.75, 3.05) is 20.0 Å². The quantitative estimate of drug-likeness (QED) is 0.797. The minimum atomic E-state index is 0.235. The van der Waals surface area contributed by atoms with E-state index < -0.39 is 0 Å². The summed E-state index contributed by atoms with van der Waals surface area (Å²) < 4.78 is 12.0. The van der Waals surface area contributed by atoms with Crippen LogP contribution in [0.2, 0.25) is 5.02 Å². The van der Waals surface area contributed by atoms with Crippen LogP contribution in [0.4, 0.5) is 5.95 Å². The zero-order valence-corrected chi connectivity index (χ0v) is 12.1. The Balaban J connectivity index is 2.33. The van der Waals surface area contributed by atoms with Crippen LogP contribution in [-0.2, 0) is 0 Å². The van der Waals surface area contributed by atoms with Gasteiger partial charge in [-0.1, -0.05) is 11.6 Å². The van der Waals surface area contributed by atoms with Crippen molar-refractivity contribution in [2.24, 2.45) is 0 Å². The molecule has 3 rings (SSSR count). The van der Waals surface area contributed by atoms with Gasteiger partial charge in [0.1, 0.15) is 12.1 Å². The molecule has 3 aromatic rings. The third-order valence-corrected chi connectivity index (χ3v) is 3.34. The maximum atomic E-state index is 6.26. The van der Waals surface area contributed by atoms with E-state index in [2.05, 4.69) is 15.0 Å². The second kappa shape index (κ2) is 5.10. The Morgan fingerprint density at radius 1 is 1.19 bits per heavy atom. The van der Waals surface area contributed by atoms with Crippen molar-refractivity contribution in [3.05, 3.63) is 29.5 Å². The highest BCUT2D eigenvalue weighted by molar-refractivity contribution is 6.32. The molecular formula is C13H12ClN5O2. The molecule has 0 saturated heterocycles. The summed E-state index contributed by atoms with van der Waals surface area (Å²) in [6, 6.07) is 5.24. The lowest BCUT2D eigenvalue weighted by atomic mass is 10.3. The highest BCUT2D eigenvalue weighted by Crippen LogP contribution is 2.31. The fourth-order valence-electron chi connectivity index (χ4n) is 2.07. The second-order valence-electron chi connectivity index (χ2n) is 4.18. The zero-order valence-electron chi connectivity index (χ0n) is 11.4. The summed E-state index contributed by atoms with van der Waals surface area (Å²) in [5, 5.41) is 0.499. The number of ether oxygens (including phenoxy) is 2. The van der Waals surface area contributed by atoms with E-state index in [1.807, 2.05) is 0 Å². The van der Waals surface area contributed by atoms with Gasteiger partial charge in [-0.15, -0.1) is 0 Å². The maximum absolute atomic E-state index is 6.26. The highest BCUT2D eigenvalue weighted by atomic mass is 35.5. The summed E-state index contributed by atoms with van der Waals surface area (Å²) in [6.07, 6.45) is 1.38. The van der Waals surface area contributed by atoms with Gasteiger partial charge in [0.15, 0.2) is 11.2 Å². The van der Waals surface area contributed by atoms with Crippen LogP contribution < -0.4 is 15.2 Å². The van der Waals surface area contributed by atoms with Gasteiger partial charge in [0, 0.05) is 6.07 Å². The molecule has 0 unspecified atom stereocenters. The number of nitrogens with zero attached hydrogens (tertiary/aromatic N) is 4. The molecule has 0 fully saturated rings. The first-order valence-corrected chi connectivity index (χ1v) is 6.40. The van der Waals surface area contributed by atoms with Crippen LogP contribution in [0, 0.1) is 0 Å². The van der Waals surface area contributed by atoms with Crippen LogP contribution in [0.15, 0.2) is 24.5 Å². The van der Waals surface area contributed by atoms with Gasteiger partial charge in [-0.05, 0) is 12.1 Å². The number of fused-ring (bicyclic) bond motifs is 1. The Hall–Kier alpha value is -2.54. The van der Waals surface area contributed by atoms with Gasteiger partial charge in [0.2, 0.25) is 11.8 Å². The highest BCUT2D eigenvalue weighted by Gasteiger charge is 2.18. The summed E-state index contributed by atoms with van der Waals surface area (Å²) in [6.45, 7) is 0. The van der Waals surface area contributed by atoms with E-state index >= 15 is 0 Å². The van der Waals surface area contributed by atoms with Crippen molar-refractivity contribution < 1.29 is 9.47 Å². The molecule has 21 heavy (non-hydrogen) atoms. The molecule has 2 aromatic heterocycles. The monoisotopic (exact) mass is 305 g/mol. The molecular weight excluding hydrogens is 294 g/mol. The molecule has 1 aromatic carbocycles. The number of methoxy groups -OCH3 is 2. The first-order chi connectivity index (χ1) is 10.2. The van der Waals surface area contributed by atoms with Crippen molar-refractivity contribution in [3.63, 3.8) is 0 Å². The standard InChI is InChI=1S/C13H12ClN5O2/c1-20-7-3-4-8(14)9(5-7)19-11-10(18-13(19)15)12(21-2)17-6-16-11/h3-6H,1-2H3,(H2,15,18). The average Bonchev–Trinajstić information content (AvgIpc) is 2.83. The Morgan fingerprint density at radius 3 is 2.71 bits per heavy atom. The second-order valence-corrected chi connectivity index (χ2v) is 4.59. The van der Waals surface area contributed by atoms with Crippen LogP contribution >= 0.6 is 11.6 Å². The normalized spacial score (nSPS) is 10.8. The van der Waals surface area contributed by atoms with Gasteiger partial charge in [0.25, 0.3) is 0 Å². The van der Waals surface area contributed by atoms with Crippen LogP contribution in [-0.4, -0.2) is 33.7 Å². The Labute approximate surface area is 125 Å². The number of nitrogen functional groups attached to an aromatic ring is 1. The summed E-state index contributed by atoms with van der Waals surface area (Å²) in [5.74, 6) is 1.24. The van der Waals surface area contributed by atoms with Gasteiger partial charge in [-0.25, -0.2) is 9.97 Å². The largest absolute Gasteiger partial charge is 0.497 e. The summed E-state index contributed by atoms with van der Waals surface area (Å²) in [4.78, 5) is 12.5. The number of halogens is 1. The Morgan fingerprint density at radius 2 is 2.00 bits per heavy atom. The molecule has 7 nitrogen and oxygen atoms in total. The van der Waals surface area contributed by atoms with Crippen LogP contribution in [0.5, 0.6) is 11.6 Å². The van der Waals surface area contributed by atoms with E-state index in [1.165, 1.54) is 13.4 Å². The van der Waals surface area contributed by atoms with Gasteiger partial charge >= 0.3 is 0 Å². The fourth-order valence-corrected chi connectivity index (χ4v) is 2.27. The molecule has 2 heterocycles. The fraction of sp³-hybridized carbons (Fsp3) is 0.154. The molecule has 0 spiro atoms.